The molecule has 0 spiro atoms. The van der Waals surface area contributed by atoms with Crippen LogP contribution in [0.1, 0.15) is 23.6 Å². The molecular weight excluding hydrogens is 240 g/mol. The van der Waals surface area contributed by atoms with Crippen molar-refractivity contribution in [3.63, 3.8) is 0 Å². The van der Waals surface area contributed by atoms with Gasteiger partial charge in [-0.05, 0) is 24.0 Å². The highest BCUT2D eigenvalue weighted by Gasteiger charge is 2.32. The quantitative estimate of drug-likeness (QED) is 0.866. The van der Waals surface area contributed by atoms with Crippen LogP contribution in [-0.4, -0.2) is 43.7 Å². The van der Waals surface area contributed by atoms with Crippen molar-refractivity contribution >= 4 is 5.91 Å². The van der Waals surface area contributed by atoms with Crippen LogP contribution < -0.4 is 5.32 Å². The molecule has 1 fully saturated rings. The number of fused-ring (bicyclic) bond motifs is 1. The predicted molar refractivity (Wildman–Crippen MR) is 72.9 cm³/mol. The van der Waals surface area contributed by atoms with Gasteiger partial charge in [0, 0.05) is 20.2 Å². The number of amides is 1. The first-order valence-corrected chi connectivity index (χ1v) is 6.93. The molecule has 3 rings (SSSR count). The average molecular weight is 260 g/mol. The van der Waals surface area contributed by atoms with E-state index in [2.05, 4.69) is 17.4 Å². The Bertz CT molecular complexity index is 469. The Morgan fingerprint density at radius 1 is 1.42 bits per heavy atom. The number of hydrogen-bond donors (Lipinski definition) is 1. The van der Waals surface area contributed by atoms with Gasteiger partial charge in [-0.2, -0.15) is 0 Å². The first-order valence-electron chi connectivity index (χ1n) is 6.93. The molecule has 4 heteroatoms. The molecule has 1 aromatic carbocycles. The standard InChI is InChI=1S/C15H20N2O2/c1-17(12-7-9-19-10-12)15(18)14-13-5-3-2-4-11(13)6-8-16-14/h2-5,12,14,16H,6-10H2,1H3. The normalized spacial score (nSPS) is 25.9. The molecular formula is C15H20N2O2. The van der Waals surface area contributed by atoms with Gasteiger partial charge in [0.1, 0.15) is 6.04 Å². The van der Waals surface area contributed by atoms with Gasteiger partial charge in [0.25, 0.3) is 0 Å². The fourth-order valence-corrected chi connectivity index (χ4v) is 2.94. The van der Waals surface area contributed by atoms with Gasteiger partial charge < -0.3 is 15.0 Å². The Morgan fingerprint density at radius 3 is 3.05 bits per heavy atom. The molecule has 1 N–H and O–H groups in total. The number of hydrogen-bond acceptors (Lipinski definition) is 3. The van der Waals surface area contributed by atoms with E-state index in [0.717, 1.165) is 31.6 Å². The zero-order valence-corrected chi connectivity index (χ0v) is 11.3. The van der Waals surface area contributed by atoms with E-state index in [0.29, 0.717) is 6.61 Å². The highest BCUT2D eigenvalue weighted by Crippen LogP contribution is 2.25. The van der Waals surface area contributed by atoms with E-state index < -0.39 is 0 Å². The van der Waals surface area contributed by atoms with E-state index in [1.165, 1.54) is 5.56 Å². The predicted octanol–water partition coefficient (Wildman–Crippen LogP) is 1.12. The second-order valence-corrected chi connectivity index (χ2v) is 5.30. The Hall–Kier alpha value is -1.39. The third-order valence-electron chi connectivity index (χ3n) is 4.16. The van der Waals surface area contributed by atoms with Gasteiger partial charge in [-0.25, -0.2) is 0 Å². The molecule has 0 bridgehead atoms. The summed E-state index contributed by atoms with van der Waals surface area (Å²) in [7, 11) is 1.89. The monoisotopic (exact) mass is 260 g/mol. The molecule has 0 aliphatic carbocycles. The van der Waals surface area contributed by atoms with Gasteiger partial charge in [-0.15, -0.1) is 0 Å². The lowest BCUT2D eigenvalue weighted by Gasteiger charge is -2.32. The first-order chi connectivity index (χ1) is 9.27. The van der Waals surface area contributed by atoms with Gasteiger partial charge in [0.2, 0.25) is 5.91 Å². The number of ether oxygens (including phenoxy) is 1. The number of likely N-dealkylation sites (N-methyl/N-ethyl adjacent to an activating group) is 1. The van der Waals surface area contributed by atoms with E-state index in [1.54, 1.807) is 0 Å². The maximum atomic E-state index is 12.7. The van der Waals surface area contributed by atoms with Crippen molar-refractivity contribution in [1.82, 2.24) is 10.2 Å². The van der Waals surface area contributed by atoms with E-state index in [1.807, 2.05) is 24.1 Å². The van der Waals surface area contributed by atoms with Crippen molar-refractivity contribution in [1.29, 1.82) is 0 Å². The number of carbonyl (C=O) groups excluding carboxylic acids is 1. The smallest absolute Gasteiger partial charge is 0.244 e. The van der Waals surface area contributed by atoms with Crippen molar-refractivity contribution in [3.05, 3.63) is 35.4 Å². The molecule has 2 aliphatic rings. The van der Waals surface area contributed by atoms with Gasteiger partial charge in [-0.3, -0.25) is 4.79 Å². The minimum Gasteiger partial charge on any atom is -0.379 e. The fraction of sp³-hybridized carbons (Fsp3) is 0.533. The average Bonchev–Trinajstić information content (AvgIpc) is 2.99. The number of nitrogens with one attached hydrogen (secondary N) is 1. The Balaban J connectivity index is 1.80. The molecule has 0 radical (unpaired) electrons. The van der Waals surface area contributed by atoms with Crippen LogP contribution in [0.3, 0.4) is 0 Å². The minimum atomic E-state index is -0.199. The molecule has 0 saturated carbocycles. The minimum absolute atomic E-state index is 0.155. The summed E-state index contributed by atoms with van der Waals surface area (Å²) >= 11 is 0. The van der Waals surface area contributed by atoms with Crippen molar-refractivity contribution in [2.24, 2.45) is 0 Å². The number of carbonyl (C=O) groups is 1. The molecule has 102 valence electrons. The summed E-state index contributed by atoms with van der Waals surface area (Å²) in [5, 5.41) is 3.35. The van der Waals surface area contributed by atoms with Gasteiger partial charge >= 0.3 is 0 Å². The molecule has 2 atom stereocenters. The van der Waals surface area contributed by atoms with Crippen LogP contribution in [0.25, 0.3) is 0 Å². The second kappa shape index (κ2) is 5.31. The molecule has 2 unspecified atom stereocenters. The molecule has 19 heavy (non-hydrogen) atoms. The molecule has 2 heterocycles. The van der Waals surface area contributed by atoms with Crippen LogP contribution in [0.4, 0.5) is 0 Å². The molecule has 1 aromatic rings. The number of benzene rings is 1. The molecule has 0 aromatic heterocycles. The lowest BCUT2D eigenvalue weighted by Crippen LogP contribution is -2.46. The summed E-state index contributed by atoms with van der Waals surface area (Å²) in [5.41, 5.74) is 2.42. The maximum absolute atomic E-state index is 12.7. The van der Waals surface area contributed by atoms with Gasteiger partial charge in [0.05, 0.1) is 12.6 Å². The first kappa shape index (κ1) is 12.6. The molecule has 1 saturated heterocycles. The third kappa shape index (κ3) is 2.38. The van der Waals surface area contributed by atoms with Gasteiger partial charge in [-0.1, -0.05) is 24.3 Å². The summed E-state index contributed by atoms with van der Waals surface area (Å²) in [4.78, 5) is 14.5. The summed E-state index contributed by atoms with van der Waals surface area (Å²) < 4.78 is 5.37. The Labute approximate surface area is 113 Å². The van der Waals surface area contributed by atoms with E-state index >= 15 is 0 Å². The summed E-state index contributed by atoms with van der Waals surface area (Å²) in [6.45, 7) is 2.29. The van der Waals surface area contributed by atoms with E-state index in [9.17, 15) is 4.79 Å². The van der Waals surface area contributed by atoms with Crippen molar-refractivity contribution in [2.45, 2.75) is 24.9 Å². The van der Waals surface area contributed by atoms with Crippen molar-refractivity contribution in [2.75, 3.05) is 26.8 Å². The topological polar surface area (TPSA) is 41.6 Å². The van der Waals surface area contributed by atoms with Crippen LogP contribution in [0.15, 0.2) is 24.3 Å². The van der Waals surface area contributed by atoms with Crippen LogP contribution in [0, 0.1) is 0 Å². The largest absolute Gasteiger partial charge is 0.379 e. The lowest BCUT2D eigenvalue weighted by atomic mass is 9.93. The number of rotatable bonds is 2. The van der Waals surface area contributed by atoms with Crippen molar-refractivity contribution in [3.8, 4) is 0 Å². The van der Waals surface area contributed by atoms with Crippen LogP contribution in [-0.2, 0) is 16.0 Å². The summed E-state index contributed by atoms with van der Waals surface area (Å²) in [6, 6.07) is 8.25. The molecule has 1 amide bonds. The second-order valence-electron chi connectivity index (χ2n) is 5.30. The van der Waals surface area contributed by atoms with Crippen LogP contribution in [0.5, 0.6) is 0 Å². The summed E-state index contributed by atoms with van der Waals surface area (Å²) in [5.74, 6) is 0.155. The number of nitrogens with zero attached hydrogens (tertiary/aromatic N) is 1. The molecule has 4 nitrogen and oxygen atoms in total. The maximum Gasteiger partial charge on any atom is 0.244 e. The summed E-state index contributed by atoms with van der Waals surface area (Å²) in [6.07, 6.45) is 1.94. The fourth-order valence-electron chi connectivity index (χ4n) is 2.94. The van der Waals surface area contributed by atoms with E-state index in [4.69, 9.17) is 4.74 Å². The zero-order chi connectivity index (χ0) is 13.2. The van der Waals surface area contributed by atoms with Crippen molar-refractivity contribution < 1.29 is 9.53 Å². The Kier molecular flexibility index (Phi) is 3.53. The lowest BCUT2D eigenvalue weighted by molar-refractivity contribution is -0.134. The van der Waals surface area contributed by atoms with E-state index in [-0.39, 0.29) is 18.0 Å². The highest BCUT2D eigenvalue weighted by molar-refractivity contribution is 5.84. The SMILES string of the molecule is CN(C(=O)C1NCCc2ccccc21)C1CCOC1. The van der Waals surface area contributed by atoms with Crippen LogP contribution >= 0.6 is 0 Å². The highest BCUT2D eigenvalue weighted by atomic mass is 16.5. The molecule has 2 aliphatic heterocycles. The zero-order valence-electron chi connectivity index (χ0n) is 11.3. The Morgan fingerprint density at radius 2 is 2.26 bits per heavy atom. The third-order valence-corrected chi connectivity index (χ3v) is 4.16. The van der Waals surface area contributed by atoms with Crippen LogP contribution in [0.2, 0.25) is 0 Å². The van der Waals surface area contributed by atoms with Gasteiger partial charge in [0.15, 0.2) is 0 Å².